The molecule has 0 aromatic rings. The summed E-state index contributed by atoms with van der Waals surface area (Å²) in [5.41, 5.74) is 0.152. The molecule has 0 saturated carbocycles. The molecule has 1 fully saturated rings. The maximum atomic E-state index is 5.85. The van der Waals surface area contributed by atoms with Crippen LogP contribution in [0.5, 0.6) is 0 Å². The summed E-state index contributed by atoms with van der Waals surface area (Å²) in [5, 5.41) is 3.62. The standard InChI is InChI=1S/C13H27ClN2O/c1-4-13(3,6-7-14)15-10-12-11-16(5-2)8-9-17-12/h12,15H,4-11H2,1-3H3. The number of nitrogens with zero attached hydrogens (tertiary/aromatic N) is 1. The molecule has 0 bridgehead atoms. The molecule has 2 unspecified atom stereocenters. The zero-order valence-electron chi connectivity index (χ0n) is 11.5. The highest BCUT2D eigenvalue weighted by atomic mass is 35.5. The second-order valence-electron chi connectivity index (χ2n) is 5.12. The predicted molar refractivity (Wildman–Crippen MR) is 73.9 cm³/mol. The number of rotatable bonds is 7. The molecule has 1 heterocycles. The van der Waals surface area contributed by atoms with E-state index in [1.807, 2.05) is 0 Å². The lowest BCUT2D eigenvalue weighted by atomic mass is 9.95. The maximum absolute atomic E-state index is 5.85. The van der Waals surface area contributed by atoms with Crippen molar-refractivity contribution in [1.29, 1.82) is 0 Å². The Hall–Kier alpha value is 0.170. The maximum Gasteiger partial charge on any atom is 0.0826 e. The molecule has 0 radical (unpaired) electrons. The molecular formula is C13H27ClN2O. The van der Waals surface area contributed by atoms with Crippen LogP contribution in [0.25, 0.3) is 0 Å². The molecule has 0 aromatic carbocycles. The van der Waals surface area contributed by atoms with Crippen LogP contribution in [0, 0.1) is 0 Å². The average Bonchev–Trinajstić information content (AvgIpc) is 2.37. The fraction of sp³-hybridized carbons (Fsp3) is 1.00. The molecule has 0 amide bonds. The van der Waals surface area contributed by atoms with Gasteiger partial charge in [-0.25, -0.2) is 0 Å². The molecule has 2 atom stereocenters. The highest BCUT2D eigenvalue weighted by Gasteiger charge is 2.24. The molecule has 0 aromatic heterocycles. The van der Waals surface area contributed by atoms with Gasteiger partial charge in [0, 0.05) is 31.1 Å². The lowest BCUT2D eigenvalue weighted by Crippen LogP contribution is -2.51. The van der Waals surface area contributed by atoms with Crippen LogP contribution in [-0.4, -0.2) is 55.2 Å². The first-order valence-corrected chi connectivity index (χ1v) is 7.32. The average molecular weight is 263 g/mol. The number of hydrogen-bond donors (Lipinski definition) is 1. The molecule has 0 spiro atoms. The summed E-state index contributed by atoms with van der Waals surface area (Å²) in [4.78, 5) is 2.45. The summed E-state index contributed by atoms with van der Waals surface area (Å²) in [6.07, 6.45) is 2.43. The van der Waals surface area contributed by atoms with Crippen molar-refractivity contribution < 1.29 is 4.74 Å². The summed E-state index contributed by atoms with van der Waals surface area (Å²) in [6, 6.07) is 0. The van der Waals surface area contributed by atoms with Gasteiger partial charge >= 0.3 is 0 Å². The summed E-state index contributed by atoms with van der Waals surface area (Å²) in [6.45, 7) is 11.7. The van der Waals surface area contributed by atoms with E-state index in [1.165, 1.54) is 0 Å². The number of morpholine rings is 1. The van der Waals surface area contributed by atoms with E-state index in [2.05, 4.69) is 31.0 Å². The fourth-order valence-corrected chi connectivity index (χ4v) is 2.57. The van der Waals surface area contributed by atoms with E-state index in [0.717, 1.165) is 45.6 Å². The SMILES string of the molecule is CCN1CCOC(CNC(C)(CC)CCCl)C1. The van der Waals surface area contributed by atoms with Crippen molar-refractivity contribution in [1.82, 2.24) is 10.2 Å². The number of halogens is 1. The van der Waals surface area contributed by atoms with Crippen LogP contribution in [0.3, 0.4) is 0 Å². The highest BCUT2D eigenvalue weighted by Crippen LogP contribution is 2.15. The van der Waals surface area contributed by atoms with Crippen molar-refractivity contribution in [3.8, 4) is 0 Å². The van der Waals surface area contributed by atoms with Gasteiger partial charge in [0.2, 0.25) is 0 Å². The largest absolute Gasteiger partial charge is 0.374 e. The summed E-state index contributed by atoms with van der Waals surface area (Å²) < 4.78 is 5.79. The van der Waals surface area contributed by atoms with E-state index in [9.17, 15) is 0 Å². The van der Waals surface area contributed by atoms with E-state index in [1.54, 1.807) is 0 Å². The van der Waals surface area contributed by atoms with Crippen LogP contribution >= 0.6 is 11.6 Å². The van der Waals surface area contributed by atoms with Gasteiger partial charge < -0.3 is 10.1 Å². The van der Waals surface area contributed by atoms with Gasteiger partial charge in [0.25, 0.3) is 0 Å². The van der Waals surface area contributed by atoms with Gasteiger partial charge in [0.1, 0.15) is 0 Å². The first kappa shape index (κ1) is 15.2. The van der Waals surface area contributed by atoms with E-state index in [4.69, 9.17) is 16.3 Å². The zero-order valence-corrected chi connectivity index (χ0v) is 12.2. The first-order chi connectivity index (χ1) is 8.13. The molecule has 1 N–H and O–H groups in total. The van der Waals surface area contributed by atoms with E-state index in [-0.39, 0.29) is 5.54 Å². The van der Waals surface area contributed by atoms with Crippen LogP contribution in [0.4, 0.5) is 0 Å². The molecule has 1 saturated heterocycles. The first-order valence-electron chi connectivity index (χ1n) is 6.78. The van der Waals surface area contributed by atoms with Crippen LogP contribution in [0.2, 0.25) is 0 Å². The molecule has 1 aliphatic heterocycles. The molecule has 102 valence electrons. The predicted octanol–water partition coefficient (Wildman–Crippen LogP) is 2.09. The second-order valence-corrected chi connectivity index (χ2v) is 5.50. The molecule has 3 nitrogen and oxygen atoms in total. The molecule has 4 heteroatoms. The number of alkyl halides is 1. The van der Waals surface area contributed by atoms with Crippen LogP contribution in [-0.2, 0) is 4.74 Å². The van der Waals surface area contributed by atoms with Crippen molar-refractivity contribution in [3.05, 3.63) is 0 Å². The summed E-state index contributed by atoms with van der Waals surface area (Å²) in [5.74, 6) is 0.712. The lowest BCUT2D eigenvalue weighted by Gasteiger charge is -2.36. The third-order valence-corrected chi connectivity index (χ3v) is 4.04. The molecule has 17 heavy (non-hydrogen) atoms. The van der Waals surface area contributed by atoms with E-state index < -0.39 is 0 Å². The van der Waals surface area contributed by atoms with E-state index in [0.29, 0.717) is 12.0 Å². The van der Waals surface area contributed by atoms with Crippen LogP contribution < -0.4 is 5.32 Å². The zero-order chi connectivity index (χ0) is 12.7. The minimum Gasteiger partial charge on any atom is -0.374 e. The van der Waals surface area contributed by atoms with Gasteiger partial charge in [-0.3, -0.25) is 4.90 Å². The van der Waals surface area contributed by atoms with Crippen molar-refractivity contribution in [3.63, 3.8) is 0 Å². The fourth-order valence-electron chi connectivity index (χ4n) is 2.15. The van der Waals surface area contributed by atoms with Gasteiger partial charge in [0.05, 0.1) is 12.7 Å². The Morgan fingerprint density at radius 2 is 2.24 bits per heavy atom. The van der Waals surface area contributed by atoms with Crippen molar-refractivity contribution >= 4 is 11.6 Å². The molecular weight excluding hydrogens is 236 g/mol. The van der Waals surface area contributed by atoms with Crippen molar-refractivity contribution in [2.75, 3.05) is 38.7 Å². The normalized spacial score (nSPS) is 25.8. The Labute approximate surface area is 111 Å². The smallest absolute Gasteiger partial charge is 0.0826 e. The number of ether oxygens (including phenoxy) is 1. The third-order valence-electron chi connectivity index (χ3n) is 3.85. The quantitative estimate of drug-likeness (QED) is 0.711. The monoisotopic (exact) mass is 262 g/mol. The van der Waals surface area contributed by atoms with E-state index >= 15 is 0 Å². The highest BCUT2D eigenvalue weighted by molar-refractivity contribution is 6.17. The molecule has 1 rings (SSSR count). The lowest BCUT2D eigenvalue weighted by molar-refractivity contribution is -0.0285. The van der Waals surface area contributed by atoms with Gasteiger partial charge in [-0.2, -0.15) is 0 Å². The minimum atomic E-state index is 0.152. The molecule has 1 aliphatic rings. The van der Waals surface area contributed by atoms with Crippen molar-refractivity contribution in [2.45, 2.75) is 45.3 Å². The third kappa shape index (κ3) is 5.12. The summed E-state index contributed by atoms with van der Waals surface area (Å²) >= 11 is 5.85. The Morgan fingerprint density at radius 1 is 1.47 bits per heavy atom. The number of likely N-dealkylation sites (N-methyl/N-ethyl adjacent to an activating group) is 1. The second kappa shape index (κ2) is 7.57. The van der Waals surface area contributed by atoms with Crippen molar-refractivity contribution in [2.24, 2.45) is 0 Å². The Morgan fingerprint density at radius 3 is 2.82 bits per heavy atom. The topological polar surface area (TPSA) is 24.5 Å². The minimum absolute atomic E-state index is 0.152. The Bertz CT molecular complexity index is 216. The Kier molecular flexibility index (Phi) is 6.78. The van der Waals surface area contributed by atoms with Crippen LogP contribution in [0.1, 0.15) is 33.6 Å². The van der Waals surface area contributed by atoms with Crippen LogP contribution in [0.15, 0.2) is 0 Å². The van der Waals surface area contributed by atoms with Gasteiger partial charge in [-0.15, -0.1) is 11.6 Å². The molecule has 0 aliphatic carbocycles. The van der Waals surface area contributed by atoms with Gasteiger partial charge in [0.15, 0.2) is 0 Å². The Balaban J connectivity index is 2.33. The van der Waals surface area contributed by atoms with Gasteiger partial charge in [-0.1, -0.05) is 13.8 Å². The summed E-state index contributed by atoms with van der Waals surface area (Å²) in [7, 11) is 0. The number of hydrogen-bond acceptors (Lipinski definition) is 3. The number of nitrogens with one attached hydrogen (secondary N) is 1. The van der Waals surface area contributed by atoms with Gasteiger partial charge in [-0.05, 0) is 26.3 Å².